The number of hydrogen-bond donors (Lipinski definition) is 0. The van der Waals surface area contributed by atoms with Crippen LogP contribution in [-0.4, -0.2) is 60.2 Å². The fourth-order valence-corrected chi connectivity index (χ4v) is 5.39. The van der Waals surface area contributed by atoms with Crippen molar-refractivity contribution in [1.82, 2.24) is 14.9 Å². The van der Waals surface area contributed by atoms with Gasteiger partial charge in [0.15, 0.2) is 5.16 Å². The van der Waals surface area contributed by atoms with Crippen molar-refractivity contribution >= 4 is 23.5 Å². The molecule has 1 aliphatic heterocycles. The van der Waals surface area contributed by atoms with E-state index in [-0.39, 0.29) is 11.3 Å². The predicted molar refractivity (Wildman–Crippen MR) is 139 cm³/mol. The van der Waals surface area contributed by atoms with Crippen LogP contribution < -0.4 is 4.90 Å². The number of anilines is 1. The van der Waals surface area contributed by atoms with E-state index in [0.29, 0.717) is 32.3 Å². The minimum atomic E-state index is -0.0507. The maximum Gasteiger partial charge on any atom is 0.254 e. The number of rotatable bonds is 6. The average molecular weight is 483 g/mol. The Balaban J connectivity index is 1.50. The molecule has 2 fully saturated rings. The maximum atomic E-state index is 12.9. The lowest BCUT2D eigenvalue weighted by Gasteiger charge is -2.33. The molecule has 1 aromatic heterocycles. The topological polar surface area (TPSA) is 58.6 Å². The Bertz CT molecular complexity index is 979. The van der Waals surface area contributed by atoms with E-state index in [9.17, 15) is 4.79 Å². The van der Waals surface area contributed by atoms with Crippen LogP contribution in [0.1, 0.15) is 74.5 Å². The number of amides is 1. The second kappa shape index (κ2) is 11.1. The summed E-state index contributed by atoms with van der Waals surface area (Å²) in [6, 6.07) is 10.7. The summed E-state index contributed by atoms with van der Waals surface area (Å²) in [6.07, 6.45) is 6.41. The Hall–Kier alpha value is -2.12. The van der Waals surface area contributed by atoms with Crippen molar-refractivity contribution in [1.29, 1.82) is 0 Å². The first-order valence-electron chi connectivity index (χ1n) is 12.5. The van der Waals surface area contributed by atoms with Gasteiger partial charge in [-0.2, -0.15) is 0 Å². The molecule has 0 radical (unpaired) electrons. The van der Waals surface area contributed by atoms with Crippen molar-refractivity contribution < 1.29 is 9.53 Å². The molecule has 0 unspecified atom stereocenters. The fraction of sp³-hybridized carbons (Fsp3) is 0.593. The third kappa shape index (κ3) is 6.30. The highest BCUT2D eigenvalue weighted by molar-refractivity contribution is 7.98. The van der Waals surface area contributed by atoms with Gasteiger partial charge in [0.2, 0.25) is 0 Å². The minimum Gasteiger partial charge on any atom is -0.378 e. The number of nitrogens with zero attached hydrogens (tertiary/aromatic N) is 4. The van der Waals surface area contributed by atoms with Crippen molar-refractivity contribution in [3.05, 3.63) is 47.2 Å². The summed E-state index contributed by atoms with van der Waals surface area (Å²) >= 11 is 1.64. The van der Waals surface area contributed by atoms with E-state index in [4.69, 9.17) is 14.7 Å². The molecule has 1 saturated carbocycles. The Kier molecular flexibility index (Phi) is 8.14. The van der Waals surface area contributed by atoms with E-state index in [1.807, 2.05) is 23.1 Å². The lowest BCUT2D eigenvalue weighted by Crippen LogP contribution is -2.40. The molecule has 4 rings (SSSR count). The van der Waals surface area contributed by atoms with Crippen LogP contribution in [0.3, 0.4) is 0 Å². The first-order chi connectivity index (χ1) is 16.3. The molecular formula is C27H38N4O2S. The lowest BCUT2D eigenvalue weighted by molar-refractivity contribution is 0.0303. The first kappa shape index (κ1) is 25.0. The zero-order valence-corrected chi connectivity index (χ0v) is 21.9. The molecule has 2 aromatic rings. The van der Waals surface area contributed by atoms with Gasteiger partial charge in [0, 0.05) is 49.0 Å². The molecule has 0 N–H and O–H groups in total. The van der Waals surface area contributed by atoms with E-state index in [0.717, 1.165) is 33.5 Å². The van der Waals surface area contributed by atoms with Gasteiger partial charge in [-0.15, -0.1) is 0 Å². The van der Waals surface area contributed by atoms with Crippen molar-refractivity contribution in [3.8, 4) is 0 Å². The van der Waals surface area contributed by atoms with Crippen LogP contribution in [0.25, 0.3) is 0 Å². The summed E-state index contributed by atoms with van der Waals surface area (Å²) in [6.45, 7) is 9.14. The fourth-order valence-electron chi connectivity index (χ4n) is 4.59. The van der Waals surface area contributed by atoms with Crippen molar-refractivity contribution in [2.75, 3.05) is 38.3 Å². The van der Waals surface area contributed by atoms with Crippen LogP contribution >= 0.6 is 11.8 Å². The summed E-state index contributed by atoms with van der Waals surface area (Å²) in [7, 11) is 2.18. The van der Waals surface area contributed by atoms with E-state index < -0.39 is 0 Å². The second-order valence-corrected chi connectivity index (χ2v) is 11.4. The number of carbonyl (C=O) groups is 1. The van der Waals surface area contributed by atoms with Crippen LogP contribution in [-0.2, 0) is 15.9 Å². The van der Waals surface area contributed by atoms with E-state index in [1.54, 1.807) is 11.8 Å². The van der Waals surface area contributed by atoms with Gasteiger partial charge in [-0.1, -0.05) is 63.9 Å². The molecule has 0 bridgehead atoms. The van der Waals surface area contributed by atoms with Gasteiger partial charge >= 0.3 is 0 Å². The van der Waals surface area contributed by atoms with Gasteiger partial charge in [0.1, 0.15) is 5.82 Å². The summed E-state index contributed by atoms with van der Waals surface area (Å²) < 4.78 is 5.38. The molecule has 184 valence electrons. The summed E-state index contributed by atoms with van der Waals surface area (Å²) in [5.41, 5.74) is 2.86. The van der Waals surface area contributed by atoms with Gasteiger partial charge in [-0.3, -0.25) is 4.79 Å². The summed E-state index contributed by atoms with van der Waals surface area (Å²) in [5.74, 6) is 1.83. The van der Waals surface area contributed by atoms with Crippen molar-refractivity contribution in [3.63, 3.8) is 0 Å². The maximum absolute atomic E-state index is 12.9. The van der Waals surface area contributed by atoms with Crippen LogP contribution in [0.4, 0.5) is 5.82 Å². The standard InChI is InChI=1S/C27H38N4O2S/c1-27(2,3)23-18-24(30(4)22-11-6-5-7-12-22)29-26(28-23)34-19-20-9-8-10-21(17-20)25(32)31-13-15-33-16-14-31/h8-10,17-18,22H,5-7,11-16,19H2,1-4H3. The van der Waals surface area contributed by atoms with Gasteiger partial charge in [-0.25, -0.2) is 9.97 Å². The molecule has 0 spiro atoms. The van der Waals surface area contributed by atoms with E-state index >= 15 is 0 Å². The molecule has 7 heteroatoms. The van der Waals surface area contributed by atoms with Crippen molar-refractivity contribution in [2.45, 2.75) is 75.2 Å². The van der Waals surface area contributed by atoms with E-state index in [2.05, 4.69) is 44.9 Å². The zero-order valence-electron chi connectivity index (χ0n) is 21.0. The molecule has 34 heavy (non-hydrogen) atoms. The number of morpholine rings is 1. The third-order valence-corrected chi connectivity index (χ3v) is 7.70. The van der Waals surface area contributed by atoms with Crippen LogP contribution in [0, 0.1) is 0 Å². The molecule has 1 aromatic carbocycles. The largest absolute Gasteiger partial charge is 0.378 e. The summed E-state index contributed by atoms with van der Waals surface area (Å²) in [4.78, 5) is 27.0. The molecular weight excluding hydrogens is 444 g/mol. The lowest BCUT2D eigenvalue weighted by atomic mass is 9.91. The number of benzene rings is 1. The second-order valence-electron chi connectivity index (χ2n) is 10.4. The summed E-state index contributed by atoms with van der Waals surface area (Å²) in [5, 5.41) is 0.801. The molecule has 2 heterocycles. The molecule has 2 aliphatic rings. The normalized spacial score (nSPS) is 17.6. The SMILES string of the molecule is CN(c1cc(C(C)(C)C)nc(SCc2cccc(C(=O)N3CCOCC3)c2)n1)C1CCCCC1. The quantitative estimate of drug-likeness (QED) is 0.411. The number of carbonyl (C=O) groups excluding carboxylic acids is 1. The van der Waals surface area contributed by atoms with Crippen LogP contribution in [0.2, 0.25) is 0 Å². The Labute approximate surface area is 208 Å². The first-order valence-corrected chi connectivity index (χ1v) is 13.5. The van der Waals surface area contributed by atoms with Crippen molar-refractivity contribution in [2.24, 2.45) is 0 Å². The Morgan fingerprint density at radius 2 is 1.85 bits per heavy atom. The zero-order chi connectivity index (χ0) is 24.1. The van der Waals surface area contributed by atoms with Gasteiger partial charge in [0.05, 0.1) is 18.9 Å². The molecule has 6 nitrogen and oxygen atoms in total. The highest BCUT2D eigenvalue weighted by Gasteiger charge is 2.24. The highest BCUT2D eigenvalue weighted by Crippen LogP contribution is 2.31. The number of hydrogen-bond acceptors (Lipinski definition) is 6. The van der Waals surface area contributed by atoms with Gasteiger partial charge in [-0.05, 0) is 30.5 Å². The van der Waals surface area contributed by atoms with E-state index in [1.165, 1.54) is 32.1 Å². The number of aromatic nitrogens is 2. The predicted octanol–water partition coefficient (Wildman–Crippen LogP) is 5.31. The van der Waals surface area contributed by atoms with Gasteiger partial charge < -0.3 is 14.5 Å². The number of thioether (sulfide) groups is 1. The van der Waals surface area contributed by atoms with Gasteiger partial charge in [0.25, 0.3) is 5.91 Å². The van der Waals surface area contributed by atoms with Crippen LogP contribution in [0.5, 0.6) is 0 Å². The number of ether oxygens (including phenoxy) is 1. The molecule has 1 saturated heterocycles. The minimum absolute atomic E-state index is 0.0507. The third-order valence-electron chi connectivity index (χ3n) is 6.78. The molecule has 1 aliphatic carbocycles. The van der Waals surface area contributed by atoms with Crippen LogP contribution in [0.15, 0.2) is 35.5 Å². The molecule has 1 amide bonds. The monoisotopic (exact) mass is 482 g/mol. The average Bonchev–Trinajstić information content (AvgIpc) is 2.87. The molecule has 0 atom stereocenters. The Morgan fingerprint density at radius 3 is 2.56 bits per heavy atom. The Morgan fingerprint density at radius 1 is 1.12 bits per heavy atom. The smallest absolute Gasteiger partial charge is 0.254 e. The highest BCUT2D eigenvalue weighted by atomic mass is 32.2.